The number of nitrogens with one attached hydrogen (secondary N) is 1. The van der Waals surface area contributed by atoms with Crippen LogP contribution in [0.2, 0.25) is 0 Å². The van der Waals surface area contributed by atoms with E-state index in [1.807, 2.05) is 34.6 Å². The molecule has 0 aliphatic heterocycles. The Morgan fingerprint density at radius 2 is 1.74 bits per heavy atom. The Morgan fingerprint density at radius 3 is 2.09 bits per heavy atom. The fourth-order valence-corrected chi connectivity index (χ4v) is 2.29. The Hall–Kier alpha value is -0.595. The van der Waals surface area contributed by atoms with Gasteiger partial charge in [-0.25, -0.2) is 0 Å². The van der Waals surface area contributed by atoms with E-state index in [0.29, 0.717) is 12.8 Å². The van der Waals surface area contributed by atoms with Crippen molar-refractivity contribution >= 4 is 27.4 Å². The van der Waals surface area contributed by atoms with Crippen LogP contribution in [0.3, 0.4) is 0 Å². The normalized spacial score (nSPS) is 16.7. The lowest BCUT2D eigenvalue weighted by atomic mass is 9.45. The molecule has 9 heteroatoms. The van der Waals surface area contributed by atoms with E-state index in [1.165, 1.54) is 0 Å². The molecule has 0 aliphatic rings. The molecule has 3 N–H and O–H groups in total. The van der Waals surface area contributed by atoms with E-state index < -0.39 is 32.2 Å². The van der Waals surface area contributed by atoms with Crippen LogP contribution in [-0.2, 0) is 9.31 Å². The van der Waals surface area contributed by atoms with Crippen molar-refractivity contribution in [2.45, 2.75) is 65.4 Å². The summed E-state index contributed by atoms with van der Waals surface area (Å²) in [5.41, 5.74) is -0.939. The van der Waals surface area contributed by atoms with Crippen molar-refractivity contribution in [3.63, 3.8) is 0 Å². The van der Waals surface area contributed by atoms with Gasteiger partial charge in [0.25, 0.3) is 0 Å². The van der Waals surface area contributed by atoms with Gasteiger partial charge in [-0.2, -0.15) is 0 Å². The molecule has 2 atom stereocenters. The Balaban J connectivity index is 5.56. The Morgan fingerprint density at radius 1 is 1.22 bits per heavy atom. The molecular formula is C14H31B3N2O4. The number of rotatable bonds is 11. The summed E-state index contributed by atoms with van der Waals surface area (Å²) in [7, 11) is -0.501. The Labute approximate surface area is 142 Å². The molecule has 0 aromatic carbocycles. The van der Waals surface area contributed by atoms with Crippen molar-refractivity contribution in [3.05, 3.63) is 12.1 Å². The first-order valence-corrected chi connectivity index (χ1v) is 8.12. The summed E-state index contributed by atoms with van der Waals surface area (Å²) >= 11 is 0. The van der Waals surface area contributed by atoms with Crippen molar-refractivity contribution in [3.8, 4) is 0 Å². The monoisotopic (exact) mass is 324 g/mol. The van der Waals surface area contributed by atoms with Crippen molar-refractivity contribution in [1.29, 1.82) is 0 Å². The summed E-state index contributed by atoms with van der Waals surface area (Å²) in [5, 5.41) is 22.8. The van der Waals surface area contributed by atoms with Crippen LogP contribution < -0.4 is 5.23 Å². The molecule has 0 aromatic heterocycles. The fourth-order valence-electron chi connectivity index (χ4n) is 2.29. The molecule has 0 fully saturated rings. The molecule has 0 aliphatic carbocycles. The van der Waals surface area contributed by atoms with Gasteiger partial charge in [-0.1, -0.05) is 19.3 Å². The summed E-state index contributed by atoms with van der Waals surface area (Å²) < 4.78 is 12.0. The second-order valence-corrected chi connectivity index (χ2v) is 6.22. The SMILES string of the molecule is C=C(C)B(OC(C)(CC)B(O)N=CC)C(C)(CC)OB(O)NC. The first kappa shape index (κ1) is 22.4. The largest absolute Gasteiger partial charge is 0.551 e. The molecule has 2 unspecified atom stereocenters. The van der Waals surface area contributed by atoms with E-state index in [2.05, 4.69) is 16.7 Å². The maximum absolute atomic E-state index is 10.3. The van der Waals surface area contributed by atoms with Crippen LogP contribution in [0.15, 0.2) is 17.0 Å². The standard InChI is InChI=1S/C14H31B3N2O4/c1-9-13(6,23-17(21)18-8)15(12(4)5)22-14(7,10-2)16(20)19-11-3/h11,18,20-21H,4,9-10H2,1-3,5-8H3. The van der Waals surface area contributed by atoms with Gasteiger partial charge >= 0.3 is 21.2 Å². The lowest BCUT2D eigenvalue weighted by Crippen LogP contribution is -2.59. The van der Waals surface area contributed by atoms with Gasteiger partial charge in [0.05, 0.1) is 11.0 Å². The van der Waals surface area contributed by atoms with Gasteiger partial charge < -0.3 is 29.5 Å². The first-order chi connectivity index (χ1) is 10.6. The number of hydrogen-bond donors (Lipinski definition) is 3. The summed E-state index contributed by atoms with van der Waals surface area (Å²) in [5.74, 6) is 0. The highest BCUT2D eigenvalue weighted by molar-refractivity contribution is 6.65. The van der Waals surface area contributed by atoms with Gasteiger partial charge in [-0.15, -0.1) is 6.58 Å². The maximum Gasteiger partial charge on any atom is 0.551 e. The van der Waals surface area contributed by atoms with Crippen LogP contribution >= 0.6 is 0 Å². The maximum atomic E-state index is 10.3. The van der Waals surface area contributed by atoms with E-state index in [-0.39, 0.29) is 0 Å². The highest BCUT2D eigenvalue weighted by Crippen LogP contribution is 2.30. The summed E-state index contributed by atoms with van der Waals surface area (Å²) in [6.45, 7) is 14.6. The van der Waals surface area contributed by atoms with Crippen molar-refractivity contribution in [2.75, 3.05) is 7.05 Å². The smallest absolute Gasteiger partial charge is 0.430 e. The Kier molecular flexibility index (Phi) is 9.39. The van der Waals surface area contributed by atoms with Gasteiger partial charge in [0.15, 0.2) is 0 Å². The molecule has 0 spiro atoms. The molecule has 23 heavy (non-hydrogen) atoms. The van der Waals surface area contributed by atoms with Gasteiger partial charge in [0, 0.05) is 0 Å². The zero-order valence-electron chi connectivity index (χ0n) is 15.6. The van der Waals surface area contributed by atoms with Crippen LogP contribution in [0.25, 0.3) is 0 Å². The molecule has 0 bridgehead atoms. The third kappa shape index (κ3) is 6.08. The molecule has 0 rings (SSSR count). The third-order valence-corrected chi connectivity index (χ3v) is 4.26. The summed E-state index contributed by atoms with van der Waals surface area (Å²) in [6.07, 6.45) is 2.71. The number of allylic oxidation sites excluding steroid dienone is 1. The predicted octanol–water partition coefficient (Wildman–Crippen LogP) is 1.31. The molecular weight excluding hydrogens is 293 g/mol. The van der Waals surface area contributed by atoms with Crippen LogP contribution in [0, 0.1) is 0 Å². The molecule has 0 saturated carbocycles. The second kappa shape index (κ2) is 9.64. The molecule has 6 nitrogen and oxygen atoms in total. The molecule has 130 valence electrons. The lowest BCUT2D eigenvalue weighted by Gasteiger charge is -2.41. The number of nitrogens with zero attached hydrogens (tertiary/aromatic N) is 1. The van der Waals surface area contributed by atoms with Crippen LogP contribution in [0.1, 0.15) is 54.4 Å². The van der Waals surface area contributed by atoms with E-state index in [4.69, 9.17) is 9.31 Å². The van der Waals surface area contributed by atoms with Gasteiger partial charge in [0.2, 0.25) is 0 Å². The fraction of sp³-hybridized carbons (Fsp3) is 0.786. The van der Waals surface area contributed by atoms with Gasteiger partial charge in [-0.3, -0.25) is 0 Å². The van der Waals surface area contributed by atoms with Crippen molar-refractivity contribution in [1.82, 2.24) is 5.23 Å². The van der Waals surface area contributed by atoms with Crippen LogP contribution in [-0.4, -0.2) is 55.5 Å². The molecule has 0 amide bonds. The zero-order valence-corrected chi connectivity index (χ0v) is 15.6. The predicted molar refractivity (Wildman–Crippen MR) is 99.3 cm³/mol. The minimum absolute atomic E-state index is 0.512. The molecule has 0 saturated heterocycles. The highest BCUT2D eigenvalue weighted by Gasteiger charge is 2.48. The quantitative estimate of drug-likeness (QED) is 0.394. The van der Waals surface area contributed by atoms with E-state index in [1.54, 1.807) is 20.2 Å². The van der Waals surface area contributed by atoms with E-state index in [9.17, 15) is 10.0 Å². The first-order valence-electron chi connectivity index (χ1n) is 8.12. The summed E-state index contributed by atoms with van der Waals surface area (Å²) in [6, 6.07) is 0. The Bertz CT molecular complexity index is 413. The lowest BCUT2D eigenvalue weighted by molar-refractivity contribution is 0.0737. The topological polar surface area (TPSA) is 83.3 Å². The third-order valence-electron chi connectivity index (χ3n) is 4.26. The summed E-state index contributed by atoms with van der Waals surface area (Å²) in [4.78, 5) is 4.04. The van der Waals surface area contributed by atoms with Crippen LogP contribution in [0.5, 0.6) is 0 Å². The van der Waals surface area contributed by atoms with Crippen LogP contribution in [0.4, 0.5) is 0 Å². The zero-order chi connectivity index (χ0) is 18.3. The second-order valence-electron chi connectivity index (χ2n) is 6.22. The van der Waals surface area contributed by atoms with E-state index >= 15 is 0 Å². The number of hydrogen-bond acceptors (Lipinski definition) is 6. The molecule has 0 heterocycles. The van der Waals surface area contributed by atoms with E-state index in [0.717, 1.165) is 5.47 Å². The average molecular weight is 324 g/mol. The van der Waals surface area contributed by atoms with Gasteiger partial charge in [0.1, 0.15) is 0 Å². The minimum atomic E-state index is -1.11. The minimum Gasteiger partial charge on any atom is -0.430 e. The average Bonchev–Trinajstić information content (AvgIpc) is 2.51. The highest BCUT2D eigenvalue weighted by atomic mass is 16.6. The van der Waals surface area contributed by atoms with Gasteiger partial charge in [-0.05, 0) is 53.8 Å². The molecule has 0 radical (unpaired) electrons. The molecule has 0 aromatic rings. The van der Waals surface area contributed by atoms with Crippen molar-refractivity contribution < 1.29 is 19.4 Å². The van der Waals surface area contributed by atoms with Crippen molar-refractivity contribution in [2.24, 2.45) is 4.90 Å².